The molecule has 0 aliphatic rings. The second kappa shape index (κ2) is 7.91. The molecule has 0 saturated carbocycles. The summed E-state index contributed by atoms with van der Waals surface area (Å²) in [6.45, 7) is 1.91. The third-order valence-electron chi connectivity index (χ3n) is 5.00. The summed E-state index contributed by atoms with van der Waals surface area (Å²) in [6.07, 6.45) is 0. The smallest absolute Gasteiger partial charge is 0.340 e. The van der Waals surface area contributed by atoms with Crippen LogP contribution in [0.25, 0.3) is 16.4 Å². The van der Waals surface area contributed by atoms with E-state index in [0.717, 1.165) is 5.39 Å². The molecule has 0 aliphatic carbocycles. The molecule has 8 heteroatoms. The van der Waals surface area contributed by atoms with Gasteiger partial charge in [0.05, 0.1) is 40.9 Å². The van der Waals surface area contributed by atoms with Gasteiger partial charge in [-0.05, 0) is 49.4 Å². The number of hydrogen-bond donors (Lipinski definition) is 0. The van der Waals surface area contributed by atoms with Crippen LogP contribution in [0.1, 0.15) is 33.3 Å². The number of rotatable bonds is 6. The van der Waals surface area contributed by atoms with Crippen molar-refractivity contribution in [3.05, 3.63) is 87.6 Å². The van der Waals surface area contributed by atoms with Gasteiger partial charge in [0.15, 0.2) is 0 Å². The van der Waals surface area contributed by atoms with E-state index >= 15 is 0 Å². The maximum absolute atomic E-state index is 13.3. The fraction of sp³-hybridized carbons (Fsp3) is 0.130. The average molecular weight is 418 g/mol. The zero-order chi connectivity index (χ0) is 22.1. The van der Waals surface area contributed by atoms with Gasteiger partial charge >= 0.3 is 5.97 Å². The minimum Gasteiger partial charge on any atom is -0.497 e. The van der Waals surface area contributed by atoms with Gasteiger partial charge in [-0.1, -0.05) is 6.07 Å². The Balaban J connectivity index is 1.95. The number of benzene rings is 2. The van der Waals surface area contributed by atoms with E-state index in [2.05, 4.69) is 0 Å². The Bertz CT molecular complexity index is 1340. The van der Waals surface area contributed by atoms with E-state index < -0.39 is 10.9 Å². The summed E-state index contributed by atoms with van der Waals surface area (Å²) >= 11 is 0. The number of nitrogens with zero attached hydrogens (tertiary/aromatic N) is 2. The van der Waals surface area contributed by atoms with E-state index in [9.17, 15) is 19.7 Å². The Labute approximate surface area is 176 Å². The summed E-state index contributed by atoms with van der Waals surface area (Å²) in [5.41, 5.74) is 1.92. The third-order valence-corrected chi connectivity index (χ3v) is 5.00. The van der Waals surface area contributed by atoms with Crippen molar-refractivity contribution in [1.29, 1.82) is 0 Å². The molecule has 156 valence electrons. The van der Waals surface area contributed by atoms with Gasteiger partial charge in [-0.25, -0.2) is 4.79 Å². The van der Waals surface area contributed by atoms with E-state index in [0.29, 0.717) is 16.8 Å². The van der Waals surface area contributed by atoms with Gasteiger partial charge in [0.25, 0.3) is 5.69 Å². The van der Waals surface area contributed by atoms with Crippen LogP contribution in [-0.2, 0) is 4.74 Å². The van der Waals surface area contributed by atoms with Crippen molar-refractivity contribution in [2.45, 2.75) is 6.92 Å². The number of fused-ring (bicyclic) bond motifs is 3. The van der Waals surface area contributed by atoms with Gasteiger partial charge in [0.1, 0.15) is 5.75 Å². The molecule has 0 amide bonds. The fourth-order valence-corrected chi connectivity index (χ4v) is 3.54. The SMILES string of the molecule is CCOC(=O)c1cc(C(=O)c2ccc([N+](=O)[O-])cc2)n2c1ccc1cc(OC)ccc12. The summed E-state index contributed by atoms with van der Waals surface area (Å²) in [4.78, 5) is 36.3. The molecular formula is C23H18N2O6. The van der Waals surface area contributed by atoms with Crippen molar-refractivity contribution >= 4 is 33.9 Å². The third kappa shape index (κ3) is 3.48. The molecule has 0 atom stereocenters. The van der Waals surface area contributed by atoms with Crippen LogP contribution in [-0.4, -0.2) is 34.8 Å². The van der Waals surface area contributed by atoms with E-state index in [4.69, 9.17) is 9.47 Å². The number of carbonyl (C=O) groups is 2. The second-order valence-electron chi connectivity index (χ2n) is 6.78. The number of aromatic nitrogens is 1. The van der Waals surface area contributed by atoms with Crippen LogP contribution in [0.2, 0.25) is 0 Å². The molecule has 0 bridgehead atoms. The van der Waals surface area contributed by atoms with Crippen molar-refractivity contribution in [2.24, 2.45) is 0 Å². The first-order valence-corrected chi connectivity index (χ1v) is 9.53. The molecule has 0 fully saturated rings. The number of esters is 1. The highest BCUT2D eigenvalue weighted by molar-refractivity contribution is 6.12. The summed E-state index contributed by atoms with van der Waals surface area (Å²) < 4.78 is 12.1. The van der Waals surface area contributed by atoms with Crippen LogP contribution in [0.3, 0.4) is 0 Å². The van der Waals surface area contributed by atoms with Gasteiger partial charge in [-0.15, -0.1) is 0 Å². The van der Waals surface area contributed by atoms with Crippen molar-refractivity contribution < 1.29 is 24.0 Å². The number of hydrogen-bond acceptors (Lipinski definition) is 6. The lowest BCUT2D eigenvalue weighted by atomic mass is 10.1. The molecule has 8 nitrogen and oxygen atoms in total. The van der Waals surface area contributed by atoms with E-state index in [1.54, 1.807) is 30.6 Å². The number of ketones is 1. The van der Waals surface area contributed by atoms with E-state index in [1.807, 2.05) is 18.2 Å². The summed E-state index contributed by atoms with van der Waals surface area (Å²) in [5.74, 6) is -0.243. The van der Waals surface area contributed by atoms with Gasteiger partial charge < -0.3 is 13.9 Å². The van der Waals surface area contributed by atoms with Crippen LogP contribution >= 0.6 is 0 Å². The normalized spacial score (nSPS) is 10.9. The van der Waals surface area contributed by atoms with Crippen molar-refractivity contribution in [3.8, 4) is 5.75 Å². The molecule has 0 saturated heterocycles. The van der Waals surface area contributed by atoms with Crippen molar-refractivity contribution in [1.82, 2.24) is 4.40 Å². The molecule has 0 spiro atoms. The monoisotopic (exact) mass is 418 g/mol. The topological polar surface area (TPSA) is 100 Å². The fourth-order valence-electron chi connectivity index (χ4n) is 3.54. The molecule has 0 radical (unpaired) electrons. The molecule has 0 N–H and O–H groups in total. The number of pyridine rings is 1. The first-order chi connectivity index (χ1) is 14.9. The lowest BCUT2D eigenvalue weighted by Crippen LogP contribution is -2.06. The zero-order valence-electron chi connectivity index (χ0n) is 16.8. The molecule has 2 aromatic carbocycles. The number of carbonyl (C=O) groups excluding carboxylic acids is 2. The van der Waals surface area contributed by atoms with Crippen LogP contribution in [0, 0.1) is 10.1 Å². The first kappa shape index (κ1) is 20.1. The number of nitro groups is 1. The average Bonchev–Trinajstić information content (AvgIpc) is 3.18. The summed E-state index contributed by atoms with van der Waals surface area (Å²) in [5, 5.41) is 11.7. The Kier molecular flexibility index (Phi) is 5.12. The Morgan fingerprint density at radius 1 is 1.00 bits per heavy atom. The second-order valence-corrected chi connectivity index (χ2v) is 6.78. The molecule has 4 rings (SSSR count). The molecule has 31 heavy (non-hydrogen) atoms. The van der Waals surface area contributed by atoms with Crippen LogP contribution in [0.4, 0.5) is 5.69 Å². The minimum atomic E-state index is -0.532. The highest BCUT2D eigenvalue weighted by atomic mass is 16.6. The lowest BCUT2D eigenvalue weighted by Gasteiger charge is -2.09. The maximum atomic E-state index is 13.3. The lowest BCUT2D eigenvalue weighted by molar-refractivity contribution is -0.384. The molecule has 0 unspecified atom stereocenters. The zero-order valence-corrected chi connectivity index (χ0v) is 16.8. The molecule has 4 aromatic rings. The van der Waals surface area contributed by atoms with Crippen LogP contribution in [0.15, 0.2) is 60.7 Å². The Morgan fingerprint density at radius 3 is 2.35 bits per heavy atom. The maximum Gasteiger partial charge on any atom is 0.340 e. The quantitative estimate of drug-likeness (QED) is 0.199. The Hall–Kier alpha value is -4.20. The molecule has 0 aliphatic heterocycles. The highest BCUT2D eigenvalue weighted by Crippen LogP contribution is 2.29. The highest BCUT2D eigenvalue weighted by Gasteiger charge is 2.23. The molecule has 2 heterocycles. The summed E-state index contributed by atoms with van der Waals surface area (Å²) in [6, 6.07) is 15.9. The molecule has 2 aromatic heterocycles. The van der Waals surface area contributed by atoms with Gasteiger partial charge in [0, 0.05) is 23.1 Å². The van der Waals surface area contributed by atoms with Crippen LogP contribution in [0.5, 0.6) is 5.75 Å². The van der Waals surface area contributed by atoms with E-state index in [1.165, 1.54) is 30.3 Å². The summed E-state index contributed by atoms with van der Waals surface area (Å²) in [7, 11) is 1.57. The van der Waals surface area contributed by atoms with E-state index in [-0.39, 0.29) is 34.9 Å². The predicted octanol–water partition coefficient (Wildman–Crippen LogP) is 4.42. The first-order valence-electron chi connectivity index (χ1n) is 9.53. The standard InChI is InChI=1S/C23H18N2O6/c1-3-31-23(27)18-13-21(22(26)14-4-7-16(8-5-14)25(28)29)24-19-11-9-17(30-2)12-15(19)6-10-20(18)24/h4-13H,3H2,1-2H3. The predicted molar refractivity (Wildman–Crippen MR) is 114 cm³/mol. The number of methoxy groups -OCH3 is 1. The number of nitro benzene ring substituents is 1. The van der Waals surface area contributed by atoms with Gasteiger partial charge in [-0.2, -0.15) is 0 Å². The van der Waals surface area contributed by atoms with Crippen molar-refractivity contribution in [2.75, 3.05) is 13.7 Å². The largest absolute Gasteiger partial charge is 0.497 e. The Morgan fingerprint density at radius 2 is 1.71 bits per heavy atom. The van der Waals surface area contributed by atoms with Crippen molar-refractivity contribution in [3.63, 3.8) is 0 Å². The minimum absolute atomic E-state index is 0.110. The van der Waals surface area contributed by atoms with Crippen LogP contribution < -0.4 is 4.74 Å². The number of ether oxygens (including phenoxy) is 2. The van der Waals surface area contributed by atoms with Gasteiger partial charge in [0.2, 0.25) is 5.78 Å². The number of non-ortho nitro benzene ring substituents is 1. The van der Waals surface area contributed by atoms with Gasteiger partial charge in [-0.3, -0.25) is 14.9 Å². The molecular weight excluding hydrogens is 400 g/mol.